The predicted molar refractivity (Wildman–Crippen MR) is 165 cm³/mol. The Bertz CT molecular complexity index is 1630. The van der Waals surface area contributed by atoms with E-state index >= 15 is 0 Å². The molecule has 0 bridgehead atoms. The summed E-state index contributed by atoms with van der Waals surface area (Å²) in [4.78, 5) is 30.2. The number of benzene rings is 2. The molecule has 12 heteroatoms. The van der Waals surface area contributed by atoms with Crippen LogP contribution < -0.4 is 14.5 Å². The Morgan fingerprint density at radius 1 is 1.11 bits per heavy atom. The number of anilines is 2. The third kappa shape index (κ3) is 6.14. The smallest absolute Gasteiger partial charge is 0.417 e. The number of fused-ring (bicyclic) bond motifs is 2. The fraction of sp³-hybridized carbons (Fsp3) is 0.455. The predicted octanol–water partition coefficient (Wildman–Crippen LogP) is 4.80. The highest BCUT2D eigenvalue weighted by Crippen LogP contribution is 2.41. The van der Waals surface area contributed by atoms with Crippen LogP contribution in [0, 0.1) is 11.3 Å². The lowest BCUT2D eigenvalue weighted by atomic mass is 9.98. The molecule has 3 aliphatic heterocycles. The number of likely N-dealkylation sites (N-methyl/N-ethyl adjacent to an activating group) is 1. The molecule has 0 N–H and O–H groups in total. The Labute approximate surface area is 260 Å². The topological polar surface area (TPSA) is 88.8 Å². The van der Waals surface area contributed by atoms with Gasteiger partial charge in [-0.2, -0.15) is 28.4 Å². The molecule has 236 valence electrons. The normalized spacial score (nSPS) is 20.6. The first-order valence-corrected chi connectivity index (χ1v) is 15.3. The van der Waals surface area contributed by atoms with E-state index in [4.69, 9.17) is 14.7 Å². The van der Waals surface area contributed by atoms with Crippen molar-refractivity contribution in [3.63, 3.8) is 0 Å². The number of carbonyl (C=O) groups is 1. The van der Waals surface area contributed by atoms with Crippen LogP contribution in [0.2, 0.25) is 0 Å². The Kier molecular flexibility index (Phi) is 8.55. The van der Waals surface area contributed by atoms with Gasteiger partial charge in [-0.15, -0.1) is 0 Å². The second-order valence-electron chi connectivity index (χ2n) is 11.9. The van der Waals surface area contributed by atoms with Gasteiger partial charge in [0.05, 0.1) is 36.3 Å². The van der Waals surface area contributed by atoms with Gasteiger partial charge in [0.25, 0.3) is 0 Å². The Balaban J connectivity index is 1.36. The number of hydrogen-bond donors (Lipinski definition) is 0. The number of hydrogen-bond acceptors (Lipinski definition) is 8. The monoisotopic (exact) mass is 619 g/mol. The number of carbonyl (C=O) groups excluding carboxylic acids is 1. The third-order valence-electron chi connectivity index (χ3n) is 9.19. The van der Waals surface area contributed by atoms with Crippen molar-refractivity contribution in [1.82, 2.24) is 19.8 Å². The summed E-state index contributed by atoms with van der Waals surface area (Å²) in [5.74, 6) is 0.477. The summed E-state index contributed by atoms with van der Waals surface area (Å²) >= 11 is 0. The summed E-state index contributed by atoms with van der Waals surface area (Å²) in [7, 11) is 2.07. The van der Waals surface area contributed by atoms with Gasteiger partial charge in [0.15, 0.2) is 0 Å². The van der Waals surface area contributed by atoms with E-state index in [0.29, 0.717) is 61.8 Å². The van der Waals surface area contributed by atoms with Crippen molar-refractivity contribution >= 4 is 28.2 Å². The average molecular weight is 620 g/mol. The summed E-state index contributed by atoms with van der Waals surface area (Å²) in [6, 6.07) is 11.8. The number of nitrogens with zero attached hydrogens (tertiary/aromatic N) is 7. The average Bonchev–Trinajstić information content (AvgIpc) is 3.46. The fourth-order valence-corrected chi connectivity index (χ4v) is 6.84. The lowest BCUT2D eigenvalue weighted by Crippen LogP contribution is -2.55. The minimum atomic E-state index is -4.50. The van der Waals surface area contributed by atoms with Crippen molar-refractivity contribution in [2.24, 2.45) is 0 Å². The Morgan fingerprint density at radius 2 is 1.91 bits per heavy atom. The van der Waals surface area contributed by atoms with Gasteiger partial charge in [0, 0.05) is 48.9 Å². The van der Waals surface area contributed by atoms with Gasteiger partial charge in [-0.1, -0.05) is 30.8 Å². The largest absolute Gasteiger partial charge is 0.462 e. The molecule has 0 aliphatic carbocycles. The van der Waals surface area contributed by atoms with E-state index in [1.165, 1.54) is 12.1 Å². The zero-order valence-electron chi connectivity index (χ0n) is 25.3. The van der Waals surface area contributed by atoms with E-state index in [1.54, 1.807) is 29.2 Å². The number of aromatic nitrogens is 2. The first kappa shape index (κ1) is 30.6. The van der Waals surface area contributed by atoms with Crippen LogP contribution >= 0.6 is 0 Å². The molecule has 3 aromatic rings. The second kappa shape index (κ2) is 12.6. The van der Waals surface area contributed by atoms with Crippen LogP contribution in [-0.4, -0.2) is 84.1 Å². The van der Waals surface area contributed by atoms with Crippen molar-refractivity contribution in [2.45, 2.75) is 50.5 Å². The number of likely N-dealkylation sites (tertiary alicyclic amines) is 1. The minimum absolute atomic E-state index is 0.164. The fourth-order valence-electron chi connectivity index (χ4n) is 6.84. The van der Waals surface area contributed by atoms with E-state index in [2.05, 4.69) is 29.5 Å². The SMILES string of the molecule is C=CC(=O)N1CCN(c2nc(OC[C@@H]3CCCN3C)nc3c2CCN(c2cccc4cccc(C(F)(F)F)c24)C3)CC1CC#N. The van der Waals surface area contributed by atoms with Crippen LogP contribution in [0.25, 0.3) is 10.8 Å². The van der Waals surface area contributed by atoms with Crippen LogP contribution in [-0.2, 0) is 23.9 Å². The van der Waals surface area contributed by atoms with E-state index in [-0.39, 0.29) is 42.4 Å². The zero-order chi connectivity index (χ0) is 31.7. The highest BCUT2D eigenvalue weighted by Gasteiger charge is 2.36. The number of alkyl halides is 3. The second-order valence-corrected chi connectivity index (χ2v) is 11.9. The molecule has 45 heavy (non-hydrogen) atoms. The van der Waals surface area contributed by atoms with E-state index in [9.17, 15) is 23.2 Å². The van der Waals surface area contributed by atoms with Crippen molar-refractivity contribution in [3.05, 3.63) is 65.9 Å². The van der Waals surface area contributed by atoms with Gasteiger partial charge in [-0.25, -0.2) is 0 Å². The molecular weight excluding hydrogens is 583 g/mol. The number of amides is 1. The molecule has 2 atom stereocenters. The molecular formula is C33H36F3N7O2. The number of piperazine rings is 1. The summed E-state index contributed by atoms with van der Waals surface area (Å²) in [6.45, 7) is 7.10. The summed E-state index contributed by atoms with van der Waals surface area (Å²) in [6.07, 6.45) is -0.450. The Morgan fingerprint density at radius 3 is 2.62 bits per heavy atom. The van der Waals surface area contributed by atoms with Crippen molar-refractivity contribution in [2.75, 3.05) is 56.2 Å². The molecule has 1 amide bonds. The van der Waals surface area contributed by atoms with Crippen molar-refractivity contribution in [3.8, 4) is 12.1 Å². The molecule has 3 aliphatic rings. The van der Waals surface area contributed by atoms with Crippen molar-refractivity contribution < 1.29 is 22.7 Å². The van der Waals surface area contributed by atoms with Crippen LogP contribution in [0.4, 0.5) is 24.7 Å². The highest BCUT2D eigenvalue weighted by molar-refractivity contribution is 5.97. The van der Waals surface area contributed by atoms with Crippen LogP contribution in [0.1, 0.15) is 36.1 Å². The molecule has 0 spiro atoms. The molecule has 0 saturated carbocycles. The molecule has 2 saturated heterocycles. The number of ether oxygens (including phenoxy) is 1. The minimum Gasteiger partial charge on any atom is -0.462 e. The summed E-state index contributed by atoms with van der Waals surface area (Å²) in [5.41, 5.74) is 1.45. The maximum absolute atomic E-state index is 14.1. The molecule has 4 heterocycles. The molecule has 1 unspecified atom stereocenters. The molecule has 9 nitrogen and oxygen atoms in total. The Hall–Kier alpha value is -4.37. The van der Waals surface area contributed by atoms with Gasteiger partial charge in [-0.05, 0) is 56.4 Å². The summed E-state index contributed by atoms with van der Waals surface area (Å²) < 4.78 is 48.6. The molecule has 2 aromatic carbocycles. The van der Waals surface area contributed by atoms with Crippen molar-refractivity contribution in [1.29, 1.82) is 5.26 Å². The van der Waals surface area contributed by atoms with E-state index in [1.807, 2.05) is 4.90 Å². The number of nitriles is 1. The number of rotatable bonds is 7. The lowest BCUT2D eigenvalue weighted by Gasteiger charge is -2.42. The standard InChI is InChI=1S/C33H36F3N7O2/c1-3-29(44)43-18-17-42(19-23(43)12-14-37)31-25-13-16-41(20-27(25)38-32(39-31)45-21-24-9-6-15-40(24)2)28-11-5-8-22-7-4-10-26(30(22)28)33(34,35)36/h3-5,7-8,10-11,23-24H,1,6,9,12-13,15-21H2,2H3/t23?,24-/m0/s1. The quantitative estimate of drug-likeness (QED) is 0.349. The van der Waals surface area contributed by atoms with Gasteiger partial charge in [-0.3, -0.25) is 4.79 Å². The third-order valence-corrected chi connectivity index (χ3v) is 9.19. The van der Waals surface area contributed by atoms with E-state index in [0.717, 1.165) is 31.0 Å². The summed E-state index contributed by atoms with van der Waals surface area (Å²) in [5, 5.41) is 10.2. The molecule has 2 fully saturated rings. The molecule has 1 aromatic heterocycles. The van der Waals surface area contributed by atoms with E-state index < -0.39 is 11.7 Å². The number of halogens is 3. The maximum atomic E-state index is 14.1. The first-order valence-electron chi connectivity index (χ1n) is 15.3. The zero-order valence-corrected chi connectivity index (χ0v) is 25.3. The lowest BCUT2D eigenvalue weighted by molar-refractivity contribution is -0.136. The molecule has 6 rings (SSSR count). The van der Waals surface area contributed by atoms with Crippen LogP contribution in [0.15, 0.2) is 49.1 Å². The van der Waals surface area contributed by atoms with Gasteiger partial charge in [0.1, 0.15) is 12.4 Å². The van der Waals surface area contributed by atoms with Gasteiger partial charge >= 0.3 is 12.2 Å². The highest BCUT2D eigenvalue weighted by atomic mass is 19.4. The van der Waals surface area contributed by atoms with Gasteiger partial charge < -0.3 is 24.3 Å². The first-order chi connectivity index (χ1) is 21.7. The molecule has 0 radical (unpaired) electrons. The maximum Gasteiger partial charge on any atom is 0.417 e. The van der Waals surface area contributed by atoms with Gasteiger partial charge in [0.2, 0.25) is 5.91 Å². The van der Waals surface area contributed by atoms with Crippen LogP contribution in [0.5, 0.6) is 6.01 Å². The van der Waals surface area contributed by atoms with Crippen LogP contribution in [0.3, 0.4) is 0 Å².